The molecule has 3 atom stereocenters. The van der Waals surface area contributed by atoms with E-state index < -0.39 is 0 Å². The fraction of sp³-hybridized carbons (Fsp3) is 0.600. The monoisotopic (exact) mass is 136 g/mol. The van der Waals surface area contributed by atoms with Crippen LogP contribution in [-0.4, -0.2) is 0 Å². The molecule has 3 unspecified atom stereocenters. The van der Waals surface area contributed by atoms with E-state index in [1.54, 1.807) is 0 Å². The van der Waals surface area contributed by atoms with Gasteiger partial charge in [0, 0.05) is 0 Å². The van der Waals surface area contributed by atoms with Crippen LogP contribution >= 0.6 is 0 Å². The summed E-state index contributed by atoms with van der Waals surface area (Å²) in [4.78, 5) is 0. The second-order valence-electron chi connectivity index (χ2n) is 3.26. The highest BCUT2D eigenvalue weighted by atomic mass is 14.4. The Balaban J connectivity index is 0.000000231. The van der Waals surface area contributed by atoms with Crippen molar-refractivity contribution in [1.82, 2.24) is 0 Å². The summed E-state index contributed by atoms with van der Waals surface area (Å²) in [7, 11) is 0. The molecule has 0 aromatic heterocycles. The fourth-order valence-corrected chi connectivity index (χ4v) is 2.06. The number of allylic oxidation sites excluding steroid dienone is 2. The third-order valence-corrected chi connectivity index (χ3v) is 2.61. The Labute approximate surface area is 63.6 Å². The normalized spacial score (nSPS) is 41.1. The van der Waals surface area contributed by atoms with E-state index in [0.717, 1.165) is 17.8 Å². The van der Waals surface area contributed by atoms with E-state index in [-0.39, 0.29) is 0 Å². The standard InChI is InChI=1S/C8H12.C2H4/c1-6-4-7-2-3-8(6)5-7;1-2/h2-3,6-8H,4-5H2,1H3;1-2H2. The predicted molar refractivity (Wildman–Crippen MR) is 45.8 cm³/mol. The van der Waals surface area contributed by atoms with E-state index in [4.69, 9.17) is 0 Å². The van der Waals surface area contributed by atoms with Crippen molar-refractivity contribution >= 4 is 0 Å². The molecule has 2 rings (SSSR count). The topological polar surface area (TPSA) is 0 Å². The maximum Gasteiger partial charge on any atom is -0.0202 e. The van der Waals surface area contributed by atoms with Gasteiger partial charge >= 0.3 is 0 Å². The highest BCUT2D eigenvalue weighted by Crippen LogP contribution is 2.42. The Kier molecular flexibility index (Phi) is 2.31. The molecule has 0 amide bonds. The Morgan fingerprint density at radius 3 is 2.10 bits per heavy atom. The smallest absolute Gasteiger partial charge is 0.0202 e. The third kappa shape index (κ3) is 1.16. The van der Waals surface area contributed by atoms with E-state index in [0.29, 0.717) is 0 Å². The molecule has 0 heterocycles. The van der Waals surface area contributed by atoms with Gasteiger partial charge in [-0.1, -0.05) is 19.1 Å². The van der Waals surface area contributed by atoms with E-state index in [2.05, 4.69) is 32.2 Å². The van der Waals surface area contributed by atoms with Crippen LogP contribution < -0.4 is 0 Å². The maximum atomic E-state index is 3.00. The van der Waals surface area contributed by atoms with Crippen molar-refractivity contribution in [2.45, 2.75) is 19.8 Å². The van der Waals surface area contributed by atoms with Gasteiger partial charge < -0.3 is 0 Å². The van der Waals surface area contributed by atoms with Crippen LogP contribution in [0.3, 0.4) is 0 Å². The van der Waals surface area contributed by atoms with Crippen molar-refractivity contribution in [2.24, 2.45) is 17.8 Å². The molecule has 0 radical (unpaired) electrons. The molecular weight excluding hydrogens is 120 g/mol. The lowest BCUT2D eigenvalue weighted by Gasteiger charge is -2.09. The molecule has 0 spiro atoms. The third-order valence-electron chi connectivity index (χ3n) is 2.61. The number of hydrogen-bond acceptors (Lipinski definition) is 0. The zero-order valence-electron chi connectivity index (χ0n) is 6.72. The summed E-state index contributed by atoms with van der Waals surface area (Å²) in [6.07, 6.45) is 7.71. The van der Waals surface area contributed by atoms with E-state index in [9.17, 15) is 0 Å². The first kappa shape index (κ1) is 7.59. The molecule has 2 bridgehead atoms. The van der Waals surface area contributed by atoms with E-state index in [1.165, 1.54) is 12.8 Å². The highest BCUT2D eigenvalue weighted by molar-refractivity contribution is 5.08. The average Bonchev–Trinajstić information content (AvgIpc) is 2.52. The molecule has 56 valence electrons. The van der Waals surface area contributed by atoms with Gasteiger partial charge in [-0.05, 0) is 30.6 Å². The van der Waals surface area contributed by atoms with Crippen LogP contribution in [0, 0.1) is 17.8 Å². The van der Waals surface area contributed by atoms with Gasteiger partial charge in [-0.2, -0.15) is 0 Å². The minimum atomic E-state index is 0.958. The van der Waals surface area contributed by atoms with Crippen LogP contribution in [0.5, 0.6) is 0 Å². The lowest BCUT2D eigenvalue weighted by molar-refractivity contribution is 0.493. The Morgan fingerprint density at radius 2 is 1.90 bits per heavy atom. The van der Waals surface area contributed by atoms with Gasteiger partial charge in [-0.15, -0.1) is 13.2 Å². The molecule has 2 aliphatic rings. The van der Waals surface area contributed by atoms with Crippen LogP contribution in [-0.2, 0) is 0 Å². The minimum Gasteiger partial charge on any atom is -0.106 e. The molecule has 2 aliphatic carbocycles. The molecule has 0 heteroatoms. The molecular formula is C10H16. The lowest BCUT2D eigenvalue weighted by atomic mass is 9.96. The summed E-state index contributed by atoms with van der Waals surface area (Å²) in [6, 6.07) is 0. The van der Waals surface area contributed by atoms with Crippen molar-refractivity contribution < 1.29 is 0 Å². The van der Waals surface area contributed by atoms with Crippen molar-refractivity contribution in [3.05, 3.63) is 25.3 Å². The largest absolute Gasteiger partial charge is 0.106 e. The second-order valence-corrected chi connectivity index (χ2v) is 3.26. The molecule has 0 N–H and O–H groups in total. The number of rotatable bonds is 0. The molecule has 1 saturated carbocycles. The van der Waals surface area contributed by atoms with E-state index in [1.807, 2.05) is 0 Å². The summed E-state index contributed by atoms with van der Waals surface area (Å²) in [6.45, 7) is 8.37. The van der Waals surface area contributed by atoms with Crippen LogP contribution in [0.15, 0.2) is 25.3 Å². The summed E-state index contributed by atoms with van der Waals surface area (Å²) < 4.78 is 0. The average molecular weight is 136 g/mol. The Bertz CT molecular complexity index is 135. The zero-order valence-corrected chi connectivity index (χ0v) is 6.72. The fourth-order valence-electron chi connectivity index (χ4n) is 2.06. The van der Waals surface area contributed by atoms with Gasteiger partial charge in [0.05, 0.1) is 0 Å². The van der Waals surface area contributed by atoms with Crippen molar-refractivity contribution in [1.29, 1.82) is 0 Å². The summed E-state index contributed by atoms with van der Waals surface area (Å²) >= 11 is 0. The van der Waals surface area contributed by atoms with Gasteiger partial charge in [0.15, 0.2) is 0 Å². The second kappa shape index (κ2) is 3.05. The molecule has 0 aromatic carbocycles. The van der Waals surface area contributed by atoms with Gasteiger partial charge in [-0.25, -0.2) is 0 Å². The molecule has 1 fully saturated rings. The van der Waals surface area contributed by atoms with Gasteiger partial charge in [0.1, 0.15) is 0 Å². The van der Waals surface area contributed by atoms with Crippen molar-refractivity contribution in [3.8, 4) is 0 Å². The van der Waals surface area contributed by atoms with Crippen LogP contribution in [0.4, 0.5) is 0 Å². The first-order valence-electron chi connectivity index (χ1n) is 4.04. The number of fused-ring (bicyclic) bond motifs is 2. The number of hydrogen-bond donors (Lipinski definition) is 0. The maximum absolute atomic E-state index is 3.00. The Morgan fingerprint density at radius 1 is 1.20 bits per heavy atom. The molecule has 0 nitrogen and oxygen atoms in total. The van der Waals surface area contributed by atoms with Crippen LogP contribution in [0.25, 0.3) is 0 Å². The lowest BCUT2D eigenvalue weighted by Crippen LogP contribution is -1.99. The molecule has 0 saturated heterocycles. The molecule has 0 aromatic rings. The quantitative estimate of drug-likeness (QED) is 0.449. The SMILES string of the molecule is C=C.CC1CC2C=CC1C2. The van der Waals surface area contributed by atoms with Gasteiger partial charge in [-0.3, -0.25) is 0 Å². The predicted octanol–water partition coefficient (Wildman–Crippen LogP) is 3.02. The zero-order chi connectivity index (χ0) is 7.56. The van der Waals surface area contributed by atoms with Gasteiger partial charge in [0.2, 0.25) is 0 Å². The van der Waals surface area contributed by atoms with Crippen LogP contribution in [0.1, 0.15) is 19.8 Å². The summed E-state index contributed by atoms with van der Waals surface area (Å²) in [5, 5.41) is 0. The Hall–Kier alpha value is -0.520. The first-order chi connectivity index (χ1) is 4.86. The minimum absolute atomic E-state index is 0.958. The van der Waals surface area contributed by atoms with Crippen molar-refractivity contribution in [3.63, 3.8) is 0 Å². The van der Waals surface area contributed by atoms with Gasteiger partial charge in [0.25, 0.3) is 0 Å². The first-order valence-corrected chi connectivity index (χ1v) is 4.04. The summed E-state index contributed by atoms with van der Waals surface area (Å²) in [5.74, 6) is 2.92. The molecule has 10 heavy (non-hydrogen) atoms. The summed E-state index contributed by atoms with van der Waals surface area (Å²) in [5.41, 5.74) is 0. The van der Waals surface area contributed by atoms with E-state index >= 15 is 0 Å². The van der Waals surface area contributed by atoms with Crippen LogP contribution in [0.2, 0.25) is 0 Å². The highest BCUT2D eigenvalue weighted by Gasteiger charge is 2.32. The van der Waals surface area contributed by atoms with Crippen molar-refractivity contribution in [2.75, 3.05) is 0 Å². The molecule has 0 aliphatic heterocycles.